The van der Waals surface area contributed by atoms with Crippen molar-refractivity contribution < 1.29 is 0 Å². The highest BCUT2D eigenvalue weighted by atomic mass is 35.5. The zero-order valence-corrected chi connectivity index (χ0v) is 9.94. The van der Waals surface area contributed by atoms with E-state index in [2.05, 4.69) is 14.6 Å². The van der Waals surface area contributed by atoms with Gasteiger partial charge in [-0.25, -0.2) is 4.98 Å². The van der Waals surface area contributed by atoms with E-state index in [-0.39, 0.29) is 0 Å². The quantitative estimate of drug-likeness (QED) is 0.857. The summed E-state index contributed by atoms with van der Waals surface area (Å²) in [6, 6.07) is 3.60. The molecule has 7 heteroatoms. The number of nitrogens with zero attached hydrogens (tertiary/aromatic N) is 3. The second-order valence-corrected chi connectivity index (χ2v) is 4.82. The first kappa shape index (κ1) is 10.7. The third-order valence-electron chi connectivity index (χ3n) is 1.66. The lowest BCUT2D eigenvalue weighted by atomic mass is 10.5. The first-order valence-electron chi connectivity index (χ1n) is 4.07. The first-order valence-corrected chi connectivity index (χ1v) is 6.21. The van der Waals surface area contributed by atoms with Crippen LogP contribution in [-0.4, -0.2) is 14.6 Å². The molecule has 0 aliphatic carbocycles. The standard InChI is InChI=1S/C8H7ClN4S2/c9-5-2-1-3-11-8(5)14-4-6-7(10)15-13-12-6/h1-3H,4,10H2. The average Bonchev–Trinajstić information content (AvgIpc) is 2.63. The lowest BCUT2D eigenvalue weighted by Gasteiger charge is -2.00. The third kappa shape index (κ3) is 2.58. The van der Waals surface area contributed by atoms with Gasteiger partial charge in [0.15, 0.2) is 0 Å². The van der Waals surface area contributed by atoms with Gasteiger partial charge in [-0.3, -0.25) is 0 Å². The third-order valence-corrected chi connectivity index (χ3v) is 3.68. The topological polar surface area (TPSA) is 64.7 Å². The van der Waals surface area contributed by atoms with Gasteiger partial charge >= 0.3 is 0 Å². The van der Waals surface area contributed by atoms with E-state index in [0.29, 0.717) is 15.8 Å². The van der Waals surface area contributed by atoms with E-state index >= 15 is 0 Å². The maximum atomic E-state index is 5.96. The van der Waals surface area contributed by atoms with Gasteiger partial charge in [0.2, 0.25) is 0 Å². The number of hydrogen-bond acceptors (Lipinski definition) is 6. The summed E-state index contributed by atoms with van der Waals surface area (Å²) in [5.74, 6) is 0.638. The minimum atomic E-state index is 0.638. The molecule has 78 valence electrons. The van der Waals surface area contributed by atoms with E-state index in [1.165, 1.54) is 23.3 Å². The molecule has 2 heterocycles. The highest BCUT2D eigenvalue weighted by Crippen LogP contribution is 2.28. The summed E-state index contributed by atoms with van der Waals surface area (Å²) in [6.07, 6.45) is 1.71. The second kappa shape index (κ2) is 4.78. The summed E-state index contributed by atoms with van der Waals surface area (Å²) in [7, 11) is 0. The van der Waals surface area contributed by atoms with E-state index < -0.39 is 0 Å². The van der Waals surface area contributed by atoms with Crippen molar-refractivity contribution >= 4 is 39.9 Å². The molecular formula is C8H7ClN4S2. The minimum absolute atomic E-state index is 0.638. The van der Waals surface area contributed by atoms with Gasteiger partial charge in [0, 0.05) is 23.5 Å². The minimum Gasteiger partial charge on any atom is -0.388 e. The Balaban J connectivity index is 2.06. The molecule has 2 aromatic rings. The molecule has 2 rings (SSSR count). The van der Waals surface area contributed by atoms with Crippen LogP contribution in [0.15, 0.2) is 23.4 Å². The normalized spacial score (nSPS) is 10.5. The summed E-state index contributed by atoms with van der Waals surface area (Å²) in [5.41, 5.74) is 6.45. The van der Waals surface area contributed by atoms with Crippen molar-refractivity contribution in [1.82, 2.24) is 14.6 Å². The summed E-state index contributed by atoms with van der Waals surface area (Å²) in [5, 5.41) is 5.99. The zero-order valence-electron chi connectivity index (χ0n) is 7.55. The molecule has 4 nitrogen and oxygen atoms in total. The smallest absolute Gasteiger partial charge is 0.131 e. The number of thioether (sulfide) groups is 1. The molecule has 2 N–H and O–H groups in total. The number of pyridine rings is 1. The van der Waals surface area contributed by atoms with Crippen molar-refractivity contribution in [1.29, 1.82) is 0 Å². The van der Waals surface area contributed by atoms with Gasteiger partial charge in [-0.2, -0.15) is 0 Å². The number of nitrogen functional groups attached to an aromatic ring is 1. The molecule has 0 atom stereocenters. The molecule has 0 aliphatic rings. The van der Waals surface area contributed by atoms with Gasteiger partial charge in [0.1, 0.15) is 15.7 Å². The fourth-order valence-corrected chi connectivity index (χ4v) is 2.58. The molecule has 0 saturated heterocycles. The predicted octanol–water partition coefficient (Wildman–Crippen LogP) is 2.46. The van der Waals surface area contributed by atoms with E-state index in [1.807, 2.05) is 0 Å². The van der Waals surface area contributed by atoms with Gasteiger partial charge in [0.05, 0.1) is 5.02 Å². The van der Waals surface area contributed by atoms with E-state index in [1.54, 1.807) is 18.3 Å². The first-order chi connectivity index (χ1) is 7.27. The Morgan fingerprint density at radius 2 is 2.40 bits per heavy atom. The lowest BCUT2D eigenvalue weighted by Crippen LogP contribution is -1.89. The summed E-state index contributed by atoms with van der Waals surface area (Å²) >= 11 is 8.65. The number of aromatic nitrogens is 3. The van der Waals surface area contributed by atoms with Gasteiger partial charge < -0.3 is 5.73 Å². The SMILES string of the molecule is Nc1snnc1CSc1ncccc1Cl. The van der Waals surface area contributed by atoms with Crippen molar-refractivity contribution in [2.24, 2.45) is 0 Å². The van der Waals surface area contributed by atoms with Gasteiger partial charge in [-0.15, -0.1) is 5.10 Å². The molecule has 0 amide bonds. The Bertz CT molecular complexity index is 459. The van der Waals surface area contributed by atoms with Crippen LogP contribution in [0.3, 0.4) is 0 Å². The molecule has 0 saturated carbocycles. The number of anilines is 1. The van der Waals surface area contributed by atoms with Gasteiger partial charge in [0.25, 0.3) is 0 Å². The summed E-state index contributed by atoms with van der Waals surface area (Å²) in [4.78, 5) is 4.15. The van der Waals surface area contributed by atoms with Crippen molar-refractivity contribution in [3.63, 3.8) is 0 Å². The second-order valence-electron chi connectivity index (χ2n) is 2.66. The Labute approximate surface area is 100 Å². The van der Waals surface area contributed by atoms with Crippen LogP contribution < -0.4 is 5.73 Å². The lowest BCUT2D eigenvalue weighted by molar-refractivity contribution is 1.07. The predicted molar refractivity (Wildman–Crippen MR) is 63.1 cm³/mol. The molecule has 0 aromatic carbocycles. The molecule has 15 heavy (non-hydrogen) atoms. The zero-order chi connectivity index (χ0) is 10.7. The van der Waals surface area contributed by atoms with E-state index in [4.69, 9.17) is 17.3 Å². The van der Waals surface area contributed by atoms with Crippen LogP contribution in [0.4, 0.5) is 5.00 Å². The van der Waals surface area contributed by atoms with Crippen LogP contribution >= 0.6 is 34.9 Å². The Kier molecular flexibility index (Phi) is 3.40. The molecular weight excluding hydrogens is 252 g/mol. The number of rotatable bonds is 3. The highest BCUT2D eigenvalue weighted by molar-refractivity contribution is 7.98. The van der Waals surface area contributed by atoms with Crippen LogP contribution in [0.1, 0.15) is 5.69 Å². The van der Waals surface area contributed by atoms with Crippen molar-refractivity contribution in [3.05, 3.63) is 29.0 Å². The monoisotopic (exact) mass is 258 g/mol. The number of halogens is 1. The van der Waals surface area contributed by atoms with Crippen LogP contribution in [0, 0.1) is 0 Å². The average molecular weight is 259 g/mol. The number of nitrogens with two attached hydrogens (primary N) is 1. The molecule has 0 bridgehead atoms. The summed E-state index contributed by atoms with van der Waals surface area (Å²) in [6.45, 7) is 0. The van der Waals surface area contributed by atoms with Crippen molar-refractivity contribution in [2.75, 3.05) is 5.73 Å². The molecule has 0 spiro atoms. The molecule has 0 aliphatic heterocycles. The van der Waals surface area contributed by atoms with Crippen molar-refractivity contribution in [2.45, 2.75) is 10.8 Å². The molecule has 2 aromatic heterocycles. The maximum Gasteiger partial charge on any atom is 0.131 e. The molecule has 0 fully saturated rings. The summed E-state index contributed by atoms with van der Waals surface area (Å²) < 4.78 is 3.76. The Morgan fingerprint density at radius 1 is 1.53 bits per heavy atom. The van der Waals surface area contributed by atoms with Gasteiger partial charge in [-0.1, -0.05) is 27.9 Å². The van der Waals surface area contributed by atoms with E-state index in [0.717, 1.165) is 10.7 Å². The molecule has 0 radical (unpaired) electrons. The van der Waals surface area contributed by atoms with Crippen LogP contribution in [0.25, 0.3) is 0 Å². The number of hydrogen-bond donors (Lipinski definition) is 1. The fourth-order valence-electron chi connectivity index (χ4n) is 0.930. The van der Waals surface area contributed by atoms with Crippen LogP contribution in [0.5, 0.6) is 0 Å². The maximum absolute atomic E-state index is 5.96. The highest BCUT2D eigenvalue weighted by Gasteiger charge is 2.07. The van der Waals surface area contributed by atoms with Crippen LogP contribution in [0.2, 0.25) is 5.02 Å². The molecule has 0 unspecified atom stereocenters. The van der Waals surface area contributed by atoms with Crippen molar-refractivity contribution in [3.8, 4) is 0 Å². The van der Waals surface area contributed by atoms with Crippen LogP contribution in [-0.2, 0) is 5.75 Å². The van der Waals surface area contributed by atoms with Gasteiger partial charge in [-0.05, 0) is 12.1 Å². The Hall–Kier alpha value is -0.850. The Morgan fingerprint density at radius 3 is 3.07 bits per heavy atom. The fraction of sp³-hybridized carbons (Fsp3) is 0.125. The van der Waals surface area contributed by atoms with E-state index in [9.17, 15) is 0 Å². The largest absolute Gasteiger partial charge is 0.388 e.